The number of hydrogen-bond acceptors (Lipinski definition) is 3. The van der Waals surface area contributed by atoms with Crippen LogP contribution in [0.2, 0.25) is 0 Å². The molecule has 0 saturated carbocycles. The lowest BCUT2D eigenvalue weighted by atomic mass is 10.2. The number of carbonyl (C=O) groups is 1. The van der Waals surface area contributed by atoms with Crippen LogP contribution in [0.4, 0.5) is 10.1 Å². The summed E-state index contributed by atoms with van der Waals surface area (Å²) in [6, 6.07) is 6.75. The predicted molar refractivity (Wildman–Crippen MR) is 115 cm³/mol. The Morgan fingerprint density at radius 3 is 2.48 bits per heavy atom. The van der Waals surface area contributed by atoms with E-state index in [2.05, 4.69) is 33.4 Å². The molecule has 0 aliphatic carbocycles. The highest BCUT2D eigenvalue weighted by Crippen LogP contribution is 2.20. The van der Waals surface area contributed by atoms with Gasteiger partial charge in [-0.2, -0.15) is 0 Å². The van der Waals surface area contributed by atoms with E-state index in [0.29, 0.717) is 6.54 Å². The Balaban J connectivity index is 1.25. The van der Waals surface area contributed by atoms with E-state index in [1.54, 1.807) is 0 Å². The minimum absolute atomic E-state index is 0.137. The van der Waals surface area contributed by atoms with Crippen LogP contribution in [0.1, 0.15) is 29.3 Å². The molecular formula is C23H29FN4O. The second kappa shape index (κ2) is 8.82. The molecule has 2 aliphatic heterocycles. The molecular weight excluding hydrogens is 367 g/mol. The Morgan fingerprint density at radius 2 is 1.76 bits per heavy atom. The van der Waals surface area contributed by atoms with Crippen molar-refractivity contribution >= 4 is 17.7 Å². The van der Waals surface area contributed by atoms with E-state index in [4.69, 9.17) is 0 Å². The Hall–Kier alpha value is -2.60. The second-order valence-electron chi connectivity index (χ2n) is 7.77. The summed E-state index contributed by atoms with van der Waals surface area (Å²) >= 11 is 0. The molecule has 1 fully saturated rings. The summed E-state index contributed by atoms with van der Waals surface area (Å²) < 4.78 is 15.2. The van der Waals surface area contributed by atoms with Gasteiger partial charge in [-0.15, -0.1) is 0 Å². The first-order valence-electron chi connectivity index (χ1n) is 10.5. The molecule has 4 rings (SSSR count). The third-order valence-electron chi connectivity index (χ3n) is 5.88. The molecule has 0 atom stereocenters. The number of aryl methyl sites for hydroxylation is 1. The fourth-order valence-electron chi connectivity index (χ4n) is 4.14. The molecule has 5 nitrogen and oxygen atoms in total. The number of fused-ring (bicyclic) bond motifs is 1. The van der Waals surface area contributed by atoms with Gasteiger partial charge >= 0.3 is 0 Å². The molecule has 1 aromatic heterocycles. The van der Waals surface area contributed by atoms with E-state index in [1.165, 1.54) is 12.1 Å². The lowest BCUT2D eigenvalue weighted by molar-refractivity contribution is 0.0767. The van der Waals surface area contributed by atoms with Gasteiger partial charge in [-0.3, -0.25) is 9.69 Å². The van der Waals surface area contributed by atoms with Crippen molar-refractivity contribution in [1.29, 1.82) is 0 Å². The summed E-state index contributed by atoms with van der Waals surface area (Å²) in [7, 11) is 0. The fourth-order valence-corrected chi connectivity index (χ4v) is 4.14. The highest BCUT2D eigenvalue weighted by Gasteiger charge is 2.22. The molecule has 1 saturated heterocycles. The largest absolute Gasteiger partial charge is 0.369 e. The standard InChI is InChI=1S/C23H29FN4O/c1-2-25-17-19-5-3-11-28(23(29)22(19)18-25)12-4-10-26-13-15-27(16-14-26)21-8-6-20(24)7-9-21/h3,5-9,17-18H,2,4,10-16H2,1H3. The Morgan fingerprint density at radius 1 is 1.00 bits per heavy atom. The molecule has 6 heteroatoms. The van der Waals surface area contributed by atoms with Gasteiger partial charge in [0.15, 0.2) is 0 Å². The van der Waals surface area contributed by atoms with Gasteiger partial charge in [-0.05, 0) is 44.2 Å². The van der Waals surface area contributed by atoms with Crippen molar-refractivity contribution in [1.82, 2.24) is 14.4 Å². The first-order chi connectivity index (χ1) is 14.1. The number of benzene rings is 1. The van der Waals surface area contributed by atoms with Crippen LogP contribution in [0.5, 0.6) is 0 Å². The molecule has 0 unspecified atom stereocenters. The smallest absolute Gasteiger partial charge is 0.256 e. The lowest BCUT2D eigenvalue weighted by Gasteiger charge is -2.36. The van der Waals surface area contributed by atoms with Crippen LogP contribution < -0.4 is 4.90 Å². The van der Waals surface area contributed by atoms with Gasteiger partial charge in [0, 0.05) is 69.5 Å². The van der Waals surface area contributed by atoms with Crippen molar-refractivity contribution < 1.29 is 9.18 Å². The van der Waals surface area contributed by atoms with Gasteiger partial charge in [0.05, 0.1) is 5.56 Å². The van der Waals surface area contributed by atoms with Crippen molar-refractivity contribution in [2.45, 2.75) is 19.9 Å². The number of piperazine rings is 1. The predicted octanol–water partition coefficient (Wildman–Crippen LogP) is 3.33. The first kappa shape index (κ1) is 19.7. The van der Waals surface area contributed by atoms with Crippen LogP contribution >= 0.6 is 0 Å². The molecule has 2 aromatic rings. The average molecular weight is 397 g/mol. The Labute approximate surface area is 172 Å². The quantitative estimate of drug-likeness (QED) is 0.751. The Kier molecular flexibility index (Phi) is 6.00. The number of hydrogen-bond donors (Lipinski definition) is 0. The summed E-state index contributed by atoms with van der Waals surface area (Å²) in [6.07, 6.45) is 9.14. The first-order valence-corrected chi connectivity index (χ1v) is 10.5. The van der Waals surface area contributed by atoms with Gasteiger partial charge in [-0.1, -0.05) is 12.2 Å². The Bertz CT molecular complexity index is 866. The molecule has 3 heterocycles. The normalized spacial score (nSPS) is 17.5. The van der Waals surface area contributed by atoms with Crippen molar-refractivity contribution in [2.75, 3.05) is 50.7 Å². The number of carbonyl (C=O) groups excluding carboxylic acids is 1. The molecule has 2 aliphatic rings. The van der Waals surface area contributed by atoms with Crippen LogP contribution in [-0.4, -0.2) is 66.1 Å². The van der Waals surface area contributed by atoms with E-state index in [0.717, 1.165) is 69.0 Å². The molecule has 1 amide bonds. The lowest BCUT2D eigenvalue weighted by Crippen LogP contribution is -2.47. The summed E-state index contributed by atoms with van der Waals surface area (Å²) in [5.74, 6) is -0.0537. The van der Waals surface area contributed by atoms with Crippen molar-refractivity contribution in [3.05, 3.63) is 59.7 Å². The zero-order valence-corrected chi connectivity index (χ0v) is 17.1. The third kappa shape index (κ3) is 4.53. The maximum atomic E-state index is 13.1. The summed E-state index contributed by atoms with van der Waals surface area (Å²) in [4.78, 5) is 19.6. The van der Waals surface area contributed by atoms with E-state index in [-0.39, 0.29) is 11.7 Å². The van der Waals surface area contributed by atoms with Crippen LogP contribution in [0.3, 0.4) is 0 Å². The summed E-state index contributed by atoms with van der Waals surface area (Å²) in [6.45, 7) is 9.29. The number of amides is 1. The second-order valence-corrected chi connectivity index (χ2v) is 7.77. The van der Waals surface area contributed by atoms with Gasteiger partial charge in [0.1, 0.15) is 5.82 Å². The van der Waals surface area contributed by atoms with Crippen LogP contribution in [0.15, 0.2) is 42.7 Å². The number of nitrogens with zero attached hydrogens (tertiary/aromatic N) is 4. The molecule has 0 spiro atoms. The van der Waals surface area contributed by atoms with Gasteiger partial charge in [-0.25, -0.2) is 4.39 Å². The fraction of sp³-hybridized carbons (Fsp3) is 0.435. The van der Waals surface area contributed by atoms with Gasteiger partial charge < -0.3 is 14.4 Å². The zero-order valence-electron chi connectivity index (χ0n) is 17.1. The molecule has 0 N–H and O–H groups in total. The monoisotopic (exact) mass is 396 g/mol. The minimum Gasteiger partial charge on any atom is -0.369 e. The van der Waals surface area contributed by atoms with Gasteiger partial charge in [0.25, 0.3) is 5.91 Å². The van der Waals surface area contributed by atoms with E-state index in [9.17, 15) is 9.18 Å². The van der Waals surface area contributed by atoms with Crippen LogP contribution in [-0.2, 0) is 6.54 Å². The maximum Gasteiger partial charge on any atom is 0.256 e. The van der Waals surface area contributed by atoms with E-state index >= 15 is 0 Å². The minimum atomic E-state index is -0.191. The average Bonchev–Trinajstić information content (AvgIpc) is 3.10. The number of anilines is 1. The third-order valence-corrected chi connectivity index (χ3v) is 5.88. The number of rotatable bonds is 6. The molecule has 0 bridgehead atoms. The maximum absolute atomic E-state index is 13.1. The molecule has 0 radical (unpaired) electrons. The van der Waals surface area contributed by atoms with Crippen LogP contribution in [0.25, 0.3) is 6.08 Å². The summed E-state index contributed by atoms with van der Waals surface area (Å²) in [5, 5.41) is 0. The van der Waals surface area contributed by atoms with Gasteiger partial charge in [0.2, 0.25) is 0 Å². The SMILES string of the molecule is CCn1cc2c(c1)C(=O)N(CCCN1CCN(c3ccc(F)cc3)CC1)CC=C2. The molecule has 154 valence electrons. The summed E-state index contributed by atoms with van der Waals surface area (Å²) in [5.41, 5.74) is 2.92. The molecule has 29 heavy (non-hydrogen) atoms. The van der Waals surface area contributed by atoms with E-state index < -0.39 is 0 Å². The molecule has 1 aromatic carbocycles. The van der Waals surface area contributed by atoms with Crippen molar-refractivity contribution in [3.63, 3.8) is 0 Å². The van der Waals surface area contributed by atoms with Crippen molar-refractivity contribution in [3.8, 4) is 0 Å². The number of halogens is 1. The number of aromatic nitrogens is 1. The highest BCUT2D eigenvalue weighted by atomic mass is 19.1. The highest BCUT2D eigenvalue weighted by molar-refractivity contribution is 5.98. The van der Waals surface area contributed by atoms with Crippen LogP contribution in [0, 0.1) is 5.82 Å². The topological polar surface area (TPSA) is 31.7 Å². The zero-order chi connectivity index (χ0) is 20.2. The van der Waals surface area contributed by atoms with E-state index in [1.807, 2.05) is 29.4 Å². The van der Waals surface area contributed by atoms with Crippen molar-refractivity contribution in [2.24, 2.45) is 0 Å².